The zero-order valence-electron chi connectivity index (χ0n) is 11.8. The minimum atomic E-state index is -1.28. The molecule has 112 valence electrons. The lowest BCUT2D eigenvalue weighted by Crippen LogP contribution is -2.38. The van der Waals surface area contributed by atoms with Gasteiger partial charge in [0.2, 0.25) is 0 Å². The van der Waals surface area contributed by atoms with Crippen molar-refractivity contribution in [3.63, 3.8) is 0 Å². The van der Waals surface area contributed by atoms with Gasteiger partial charge in [0.05, 0.1) is 32.2 Å². The average Bonchev–Trinajstić information content (AvgIpc) is 2.41. The molecule has 0 saturated carbocycles. The van der Waals surface area contributed by atoms with Crippen LogP contribution in [0.3, 0.4) is 0 Å². The molecule has 0 aliphatic rings. The molecule has 2 N–H and O–H groups in total. The first kappa shape index (κ1) is 17.9. The summed E-state index contributed by atoms with van der Waals surface area (Å²) in [5.74, 6) is -0.650. The van der Waals surface area contributed by atoms with Gasteiger partial charge < -0.3 is 24.4 Å². The standard InChI is InChI=1S/C13H24O6/c1-5-17-10(2)6-18-11(3)7-19-12(16)13(4,8-14)9-15/h5,10-11,14-15H,1,6-9H2,2-4H3. The van der Waals surface area contributed by atoms with Crippen LogP contribution in [0.1, 0.15) is 20.8 Å². The molecular weight excluding hydrogens is 252 g/mol. The summed E-state index contributed by atoms with van der Waals surface area (Å²) < 4.78 is 15.5. The van der Waals surface area contributed by atoms with E-state index in [2.05, 4.69) is 6.58 Å². The maximum Gasteiger partial charge on any atom is 0.316 e. The van der Waals surface area contributed by atoms with Gasteiger partial charge in [0.1, 0.15) is 18.1 Å². The molecule has 0 aliphatic heterocycles. The third-order valence-corrected chi connectivity index (χ3v) is 2.58. The lowest BCUT2D eigenvalue weighted by molar-refractivity contribution is -0.164. The highest BCUT2D eigenvalue weighted by Crippen LogP contribution is 2.16. The van der Waals surface area contributed by atoms with Gasteiger partial charge in [-0.3, -0.25) is 4.79 Å². The highest BCUT2D eigenvalue weighted by Gasteiger charge is 2.33. The van der Waals surface area contributed by atoms with Gasteiger partial charge in [0.25, 0.3) is 0 Å². The quantitative estimate of drug-likeness (QED) is 0.446. The van der Waals surface area contributed by atoms with Gasteiger partial charge in [-0.05, 0) is 20.8 Å². The SMILES string of the molecule is C=COC(C)COC(C)COC(=O)C(C)(CO)CO. The molecule has 0 bridgehead atoms. The average molecular weight is 276 g/mol. The van der Waals surface area contributed by atoms with Crippen LogP contribution in [0, 0.1) is 5.41 Å². The van der Waals surface area contributed by atoms with Crippen molar-refractivity contribution >= 4 is 5.97 Å². The fourth-order valence-electron chi connectivity index (χ4n) is 1.10. The smallest absolute Gasteiger partial charge is 0.316 e. The summed E-state index contributed by atoms with van der Waals surface area (Å²) in [5.41, 5.74) is -1.28. The molecule has 6 nitrogen and oxygen atoms in total. The Morgan fingerprint density at radius 3 is 2.32 bits per heavy atom. The molecule has 0 aromatic carbocycles. The van der Waals surface area contributed by atoms with Gasteiger partial charge in [0.15, 0.2) is 0 Å². The minimum Gasteiger partial charge on any atom is -0.497 e. The van der Waals surface area contributed by atoms with Gasteiger partial charge in [-0.1, -0.05) is 6.58 Å². The summed E-state index contributed by atoms with van der Waals surface area (Å²) >= 11 is 0. The van der Waals surface area contributed by atoms with Crippen LogP contribution in [-0.2, 0) is 19.0 Å². The first-order valence-electron chi connectivity index (χ1n) is 6.16. The Morgan fingerprint density at radius 2 is 1.84 bits per heavy atom. The van der Waals surface area contributed by atoms with Crippen LogP contribution in [0.25, 0.3) is 0 Å². The summed E-state index contributed by atoms with van der Waals surface area (Å²) in [5, 5.41) is 18.1. The molecule has 0 heterocycles. The van der Waals surface area contributed by atoms with Crippen molar-refractivity contribution in [3.8, 4) is 0 Å². The van der Waals surface area contributed by atoms with Crippen LogP contribution in [0.15, 0.2) is 12.8 Å². The van der Waals surface area contributed by atoms with E-state index in [9.17, 15) is 4.79 Å². The number of aliphatic hydroxyl groups is 2. The Hall–Kier alpha value is -1.11. The Labute approximate surface area is 114 Å². The Kier molecular flexibility index (Phi) is 8.38. The van der Waals surface area contributed by atoms with E-state index in [0.717, 1.165) is 0 Å². The van der Waals surface area contributed by atoms with Crippen molar-refractivity contribution in [2.24, 2.45) is 5.41 Å². The van der Waals surface area contributed by atoms with Crippen LogP contribution in [0.2, 0.25) is 0 Å². The molecule has 2 unspecified atom stereocenters. The molecule has 0 saturated heterocycles. The number of aliphatic hydroxyl groups excluding tert-OH is 2. The highest BCUT2D eigenvalue weighted by atomic mass is 16.6. The molecule has 0 amide bonds. The fraction of sp³-hybridized carbons (Fsp3) is 0.769. The number of hydrogen-bond donors (Lipinski definition) is 2. The van der Waals surface area contributed by atoms with Crippen LogP contribution >= 0.6 is 0 Å². The van der Waals surface area contributed by atoms with E-state index >= 15 is 0 Å². The number of carbonyl (C=O) groups is 1. The molecule has 0 rings (SSSR count). The van der Waals surface area contributed by atoms with Gasteiger partial charge >= 0.3 is 5.97 Å². The number of rotatable bonds is 10. The van der Waals surface area contributed by atoms with Crippen molar-refractivity contribution in [3.05, 3.63) is 12.8 Å². The number of carbonyl (C=O) groups excluding carboxylic acids is 1. The van der Waals surface area contributed by atoms with E-state index < -0.39 is 24.6 Å². The maximum absolute atomic E-state index is 11.6. The first-order valence-corrected chi connectivity index (χ1v) is 6.16. The van der Waals surface area contributed by atoms with Crippen molar-refractivity contribution in [2.45, 2.75) is 33.0 Å². The number of ether oxygens (including phenoxy) is 3. The van der Waals surface area contributed by atoms with Crippen molar-refractivity contribution in [2.75, 3.05) is 26.4 Å². The molecule has 0 spiro atoms. The summed E-state index contributed by atoms with van der Waals surface area (Å²) in [6, 6.07) is 0. The topological polar surface area (TPSA) is 85.2 Å². The molecule has 0 aromatic heterocycles. The summed E-state index contributed by atoms with van der Waals surface area (Å²) in [6.45, 7) is 7.91. The van der Waals surface area contributed by atoms with Gasteiger partial charge in [-0.15, -0.1) is 0 Å². The van der Waals surface area contributed by atoms with Crippen molar-refractivity contribution in [1.29, 1.82) is 0 Å². The second-order valence-corrected chi connectivity index (χ2v) is 4.73. The third-order valence-electron chi connectivity index (χ3n) is 2.58. The van der Waals surface area contributed by atoms with Crippen LogP contribution in [-0.4, -0.2) is 54.8 Å². The molecule has 2 atom stereocenters. The second-order valence-electron chi connectivity index (χ2n) is 4.73. The third kappa shape index (κ3) is 6.56. The van der Waals surface area contributed by atoms with Crippen LogP contribution < -0.4 is 0 Å². The highest BCUT2D eigenvalue weighted by molar-refractivity contribution is 5.76. The molecule has 0 aromatic rings. The summed E-state index contributed by atoms with van der Waals surface area (Å²) in [4.78, 5) is 11.6. The zero-order valence-corrected chi connectivity index (χ0v) is 11.8. The Bertz CT molecular complexity index is 274. The van der Waals surface area contributed by atoms with E-state index in [1.807, 2.05) is 6.92 Å². The lowest BCUT2D eigenvalue weighted by atomic mass is 9.93. The first-order chi connectivity index (χ1) is 8.89. The fourth-order valence-corrected chi connectivity index (χ4v) is 1.10. The molecule has 0 aliphatic carbocycles. The van der Waals surface area contributed by atoms with E-state index in [0.29, 0.717) is 6.61 Å². The maximum atomic E-state index is 11.6. The number of esters is 1. The van der Waals surface area contributed by atoms with E-state index in [1.54, 1.807) is 6.92 Å². The zero-order chi connectivity index (χ0) is 14.9. The molecular formula is C13H24O6. The van der Waals surface area contributed by atoms with Crippen LogP contribution in [0.5, 0.6) is 0 Å². The lowest BCUT2D eigenvalue weighted by Gasteiger charge is -2.23. The second kappa shape index (κ2) is 8.90. The minimum absolute atomic E-state index is 0.0508. The van der Waals surface area contributed by atoms with Crippen molar-refractivity contribution < 1.29 is 29.2 Å². The van der Waals surface area contributed by atoms with Gasteiger partial charge in [0, 0.05) is 0 Å². The predicted octanol–water partition coefficient (Wildman–Crippen LogP) is 0.474. The Balaban J connectivity index is 3.99. The van der Waals surface area contributed by atoms with Gasteiger partial charge in [-0.25, -0.2) is 0 Å². The molecule has 0 fully saturated rings. The summed E-state index contributed by atoms with van der Waals surface area (Å²) in [6.07, 6.45) is 0.907. The van der Waals surface area contributed by atoms with E-state index in [-0.39, 0.29) is 18.8 Å². The summed E-state index contributed by atoms with van der Waals surface area (Å²) in [7, 11) is 0. The Morgan fingerprint density at radius 1 is 1.26 bits per heavy atom. The largest absolute Gasteiger partial charge is 0.497 e. The van der Waals surface area contributed by atoms with Gasteiger partial charge in [-0.2, -0.15) is 0 Å². The van der Waals surface area contributed by atoms with Crippen molar-refractivity contribution in [1.82, 2.24) is 0 Å². The van der Waals surface area contributed by atoms with Crippen LogP contribution in [0.4, 0.5) is 0 Å². The predicted molar refractivity (Wildman–Crippen MR) is 69.4 cm³/mol. The number of hydrogen-bond acceptors (Lipinski definition) is 6. The van der Waals surface area contributed by atoms with E-state index in [4.69, 9.17) is 24.4 Å². The molecule has 0 radical (unpaired) electrons. The molecule has 19 heavy (non-hydrogen) atoms. The normalized spacial score (nSPS) is 14.6. The monoisotopic (exact) mass is 276 g/mol. The molecule has 6 heteroatoms. The van der Waals surface area contributed by atoms with E-state index in [1.165, 1.54) is 13.2 Å².